The Bertz CT molecular complexity index is 873. The van der Waals surface area contributed by atoms with E-state index in [1.54, 1.807) is 0 Å². The normalized spacial score (nSPS) is 17.4. The quantitative estimate of drug-likeness (QED) is 0.612. The SMILES string of the molecule is CC(C)CNC(=O)NC(=O)COC(=O)C1CCCN(S(=O)(=O)c2ccc(F)cc2)C1. The molecule has 0 aliphatic carbocycles. The maximum atomic E-state index is 13.1. The molecule has 1 aliphatic rings. The monoisotopic (exact) mass is 443 g/mol. The number of carbonyl (C=O) groups is 3. The van der Waals surface area contributed by atoms with Crippen LogP contribution < -0.4 is 10.6 Å². The van der Waals surface area contributed by atoms with E-state index in [4.69, 9.17) is 4.74 Å². The lowest BCUT2D eigenvalue weighted by atomic mass is 10.00. The van der Waals surface area contributed by atoms with E-state index < -0.39 is 46.3 Å². The van der Waals surface area contributed by atoms with Gasteiger partial charge in [0.1, 0.15) is 5.82 Å². The molecule has 9 nitrogen and oxygen atoms in total. The number of rotatable bonds is 7. The number of ether oxygens (including phenoxy) is 1. The van der Waals surface area contributed by atoms with Crippen molar-refractivity contribution in [1.29, 1.82) is 0 Å². The van der Waals surface area contributed by atoms with Gasteiger partial charge in [0.15, 0.2) is 6.61 Å². The molecule has 1 heterocycles. The topological polar surface area (TPSA) is 122 Å². The Morgan fingerprint density at radius 2 is 1.90 bits per heavy atom. The lowest BCUT2D eigenvalue weighted by Gasteiger charge is -2.30. The van der Waals surface area contributed by atoms with Gasteiger partial charge in [0, 0.05) is 19.6 Å². The van der Waals surface area contributed by atoms with Gasteiger partial charge in [-0.3, -0.25) is 14.9 Å². The Morgan fingerprint density at radius 1 is 1.23 bits per heavy atom. The molecule has 30 heavy (non-hydrogen) atoms. The number of piperidine rings is 1. The number of halogens is 1. The number of imide groups is 1. The molecule has 1 unspecified atom stereocenters. The van der Waals surface area contributed by atoms with Gasteiger partial charge in [-0.25, -0.2) is 17.6 Å². The summed E-state index contributed by atoms with van der Waals surface area (Å²) in [5.41, 5.74) is 0. The van der Waals surface area contributed by atoms with E-state index in [0.29, 0.717) is 19.4 Å². The van der Waals surface area contributed by atoms with Crippen molar-refractivity contribution >= 4 is 27.9 Å². The van der Waals surface area contributed by atoms with Crippen LogP contribution in [0.4, 0.5) is 9.18 Å². The lowest BCUT2D eigenvalue weighted by Crippen LogP contribution is -2.44. The average molecular weight is 443 g/mol. The highest BCUT2D eigenvalue weighted by Crippen LogP contribution is 2.24. The Balaban J connectivity index is 1.87. The minimum absolute atomic E-state index is 0.0651. The molecule has 1 fully saturated rings. The molecule has 1 aliphatic heterocycles. The summed E-state index contributed by atoms with van der Waals surface area (Å²) in [6.07, 6.45) is 0.842. The van der Waals surface area contributed by atoms with E-state index >= 15 is 0 Å². The molecule has 11 heteroatoms. The maximum absolute atomic E-state index is 13.1. The first-order valence-electron chi connectivity index (χ1n) is 9.59. The van der Waals surface area contributed by atoms with Gasteiger partial charge in [0.25, 0.3) is 5.91 Å². The third kappa shape index (κ3) is 6.77. The van der Waals surface area contributed by atoms with Crippen LogP contribution in [0.1, 0.15) is 26.7 Å². The molecule has 1 atom stereocenters. The number of amides is 3. The summed E-state index contributed by atoms with van der Waals surface area (Å²) in [5, 5.41) is 4.55. The summed E-state index contributed by atoms with van der Waals surface area (Å²) in [5.74, 6) is -2.58. The zero-order valence-electron chi connectivity index (χ0n) is 16.9. The molecule has 0 radical (unpaired) electrons. The Kier molecular flexibility index (Phi) is 8.30. The van der Waals surface area contributed by atoms with Crippen molar-refractivity contribution in [2.75, 3.05) is 26.2 Å². The largest absolute Gasteiger partial charge is 0.455 e. The summed E-state index contributed by atoms with van der Waals surface area (Å²) < 4.78 is 44.6. The fourth-order valence-electron chi connectivity index (χ4n) is 2.87. The second-order valence-corrected chi connectivity index (χ2v) is 9.35. The number of hydrogen-bond acceptors (Lipinski definition) is 6. The van der Waals surface area contributed by atoms with Crippen LogP contribution in [-0.2, 0) is 24.3 Å². The van der Waals surface area contributed by atoms with Crippen molar-refractivity contribution < 1.29 is 31.9 Å². The summed E-state index contributed by atoms with van der Waals surface area (Å²) in [7, 11) is -3.88. The van der Waals surface area contributed by atoms with Crippen LogP contribution in [0.3, 0.4) is 0 Å². The summed E-state index contributed by atoms with van der Waals surface area (Å²) in [6.45, 7) is 3.66. The number of benzene rings is 1. The van der Waals surface area contributed by atoms with E-state index in [9.17, 15) is 27.2 Å². The second kappa shape index (κ2) is 10.5. The van der Waals surface area contributed by atoms with Crippen LogP contribution in [0.15, 0.2) is 29.2 Å². The fraction of sp³-hybridized carbons (Fsp3) is 0.526. The third-order valence-electron chi connectivity index (χ3n) is 4.44. The van der Waals surface area contributed by atoms with Gasteiger partial charge in [-0.15, -0.1) is 0 Å². The van der Waals surface area contributed by atoms with Gasteiger partial charge >= 0.3 is 12.0 Å². The number of esters is 1. The zero-order valence-corrected chi connectivity index (χ0v) is 17.7. The number of nitrogens with zero attached hydrogens (tertiary/aromatic N) is 1. The van der Waals surface area contributed by atoms with Gasteiger partial charge < -0.3 is 10.1 Å². The van der Waals surface area contributed by atoms with E-state index in [0.717, 1.165) is 16.4 Å². The summed E-state index contributed by atoms with van der Waals surface area (Å²) >= 11 is 0. The van der Waals surface area contributed by atoms with Crippen molar-refractivity contribution in [3.8, 4) is 0 Å². The summed E-state index contributed by atoms with van der Waals surface area (Å²) in [4.78, 5) is 35.5. The average Bonchev–Trinajstić information content (AvgIpc) is 2.71. The van der Waals surface area contributed by atoms with Crippen molar-refractivity contribution in [2.24, 2.45) is 11.8 Å². The standard InChI is InChI=1S/C19H26FN3O6S/c1-13(2)10-21-19(26)22-17(24)12-29-18(25)14-4-3-9-23(11-14)30(27,28)16-7-5-15(20)6-8-16/h5-8,13-14H,3-4,9-12H2,1-2H3,(H2,21,22,24,26). The molecule has 1 aromatic carbocycles. The van der Waals surface area contributed by atoms with E-state index in [1.807, 2.05) is 19.2 Å². The first kappa shape index (κ1) is 23.7. The molecule has 2 rings (SSSR count). The molecule has 1 saturated heterocycles. The first-order chi connectivity index (χ1) is 14.1. The highest BCUT2D eigenvalue weighted by Gasteiger charge is 2.34. The van der Waals surface area contributed by atoms with Crippen LogP contribution >= 0.6 is 0 Å². The molecule has 0 spiro atoms. The highest BCUT2D eigenvalue weighted by molar-refractivity contribution is 7.89. The number of hydrogen-bond donors (Lipinski definition) is 2. The smallest absolute Gasteiger partial charge is 0.321 e. The third-order valence-corrected chi connectivity index (χ3v) is 6.32. The van der Waals surface area contributed by atoms with E-state index in [2.05, 4.69) is 5.32 Å². The molecular weight excluding hydrogens is 417 g/mol. The van der Waals surface area contributed by atoms with Crippen molar-refractivity contribution in [2.45, 2.75) is 31.6 Å². The molecule has 2 N–H and O–H groups in total. The predicted molar refractivity (Wildman–Crippen MR) is 105 cm³/mol. The molecule has 166 valence electrons. The van der Waals surface area contributed by atoms with Crippen molar-refractivity contribution in [1.82, 2.24) is 14.9 Å². The highest BCUT2D eigenvalue weighted by atomic mass is 32.2. The Hall–Kier alpha value is -2.53. The zero-order chi connectivity index (χ0) is 22.3. The number of urea groups is 1. The number of carbonyl (C=O) groups excluding carboxylic acids is 3. The van der Waals surface area contributed by atoms with Crippen molar-refractivity contribution in [3.63, 3.8) is 0 Å². The van der Waals surface area contributed by atoms with Gasteiger partial charge in [0.05, 0.1) is 10.8 Å². The second-order valence-electron chi connectivity index (χ2n) is 7.42. The molecule has 0 bridgehead atoms. The lowest BCUT2D eigenvalue weighted by molar-refractivity contribution is -0.153. The Morgan fingerprint density at radius 3 is 2.53 bits per heavy atom. The molecule has 0 aromatic heterocycles. The molecule has 3 amide bonds. The van der Waals surface area contributed by atoms with Crippen molar-refractivity contribution in [3.05, 3.63) is 30.1 Å². The Labute approximate surface area is 175 Å². The molecule has 1 aromatic rings. The van der Waals surface area contributed by atoms with Gasteiger partial charge in [-0.1, -0.05) is 13.8 Å². The fourth-order valence-corrected chi connectivity index (χ4v) is 4.39. The van der Waals surface area contributed by atoms with Crippen LogP contribution in [0.2, 0.25) is 0 Å². The van der Waals surface area contributed by atoms with E-state index in [-0.39, 0.29) is 23.9 Å². The minimum atomic E-state index is -3.88. The number of sulfonamides is 1. The predicted octanol–water partition coefficient (Wildman–Crippen LogP) is 1.25. The molecular formula is C19H26FN3O6S. The number of nitrogens with one attached hydrogen (secondary N) is 2. The van der Waals surface area contributed by atoms with Gasteiger partial charge in [-0.05, 0) is 43.0 Å². The molecule has 0 saturated carbocycles. The van der Waals surface area contributed by atoms with Crippen LogP contribution in [-0.4, -0.2) is 56.9 Å². The summed E-state index contributed by atoms with van der Waals surface area (Å²) in [6, 6.07) is 3.76. The van der Waals surface area contributed by atoms with Gasteiger partial charge in [0.2, 0.25) is 10.0 Å². The minimum Gasteiger partial charge on any atom is -0.455 e. The van der Waals surface area contributed by atoms with Crippen LogP contribution in [0, 0.1) is 17.7 Å². The van der Waals surface area contributed by atoms with Crippen LogP contribution in [0.25, 0.3) is 0 Å². The van der Waals surface area contributed by atoms with Crippen LogP contribution in [0.5, 0.6) is 0 Å². The van der Waals surface area contributed by atoms with Gasteiger partial charge in [-0.2, -0.15) is 4.31 Å². The maximum Gasteiger partial charge on any atom is 0.321 e. The first-order valence-corrected chi connectivity index (χ1v) is 11.0. The van der Waals surface area contributed by atoms with E-state index in [1.165, 1.54) is 12.1 Å².